The standard InChI is InChI=1S/C30H28ClN7O3S/c31-25-17-34-30(36-21-8-6-7-20(15-21)35-29(39)26-14-13-19(32)16-33-26)37-28(25)24-18-38(27-12-5-4-11-23(24)27)42(40,41)22-9-2-1-3-10-22/h1-5,9-14,16-18,20-21H,6-8,15,32H2,(H,35,39)(H,34,36,37)/t20-,21+/m0/s1. The first-order valence-corrected chi connectivity index (χ1v) is 15.3. The number of nitrogens with one attached hydrogen (secondary N) is 2. The molecule has 1 aliphatic carbocycles. The summed E-state index contributed by atoms with van der Waals surface area (Å²) in [4.78, 5) is 26.1. The van der Waals surface area contributed by atoms with Crippen molar-refractivity contribution in [1.82, 2.24) is 24.2 Å². The summed E-state index contributed by atoms with van der Waals surface area (Å²) in [6.45, 7) is 0. The SMILES string of the molecule is Nc1ccc(C(=O)N[C@H]2CCC[C@@H](Nc3ncc(Cl)c(-c4cn(S(=O)(=O)c5ccccc5)c5ccccc45)n3)C2)nc1. The number of aromatic nitrogens is 4. The number of hydrogen-bond acceptors (Lipinski definition) is 8. The molecule has 0 saturated heterocycles. The molecule has 1 saturated carbocycles. The van der Waals surface area contributed by atoms with Gasteiger partial charge < -0.3 is 16.4 Å². The van der Waals surface area contributed by atoms with Crippen molar-refractivity contribution in [3.05, 3.63) is 96.0 Å². The van der Waals surface area contributed by atoms with Crippen LogP contribution in [0.2, 0.25) is 5.02 Å². The number of hydrogen-bond donors (Lipinski definition) is 3. The van der Waals surface area contributed by atoms with Crippen molar-refractivity contribution in [1.29, 1.82) is 0 Å². The second kappa shape index (κ2) is 11.4. The zero-order chi connectivity index (χ0) is 29.3. The van der Waals surface area contributed by atoms with E-state index in [2.05, 4.69) is 20.6 Å². The highest BCUT2D eigenvalue weighted by atomic mass is 35.5. The van der Waals surface area contributed by atoms with Crippen LogP contribution in [-0.4, -0.2) is 45.3 Å². The first kappa shape index (κ1) is 27.7. The van der Waals surface area contributed by atoms with Gasteiger partial charge in [0.1, 0.15) is 5.69 Å². The second-order valence-electron chi connectivity index (χ2n) is 10.2. The van der Waals surface area contributed by atoms with Crippen LogP contribution in [0, 0.1) is 0 Å². The van der Waals surface area contributed by atoms with Gasteiger partial charge in [-0.1, -0.05) is 48.0 Å². The molecule has 1 amide bonds. The second-order valence-corrected chi connectivity index (χ2v) is 12.4. The third-order valence-corrected chi connectivity index (χ3v) is 9.30. The zero-order valence-corrected chi connectivity index (χ0v) is 24.0. The van der Waals surface area contributed by atoms with Crippen molar-refractivity contribution in [3.63, 3.8) is 0 Å². The lowest BCUT2D eigenvalue weighted by molar-refractivity contribution is 0.0921. The Morgan fingerprint density at radius 1 is 0.952 bits per heavy atom. The Morgan fingerprint density at radius 3 is 2.50 bits per heavy atom. The number of anilines is 2. The van der Waals surface area contributed by atoms with Crippen LogP contribution < -0.4 is 16.4 Å². The van der Waals surface area contributed by atoms with E-state index in [0.717, 1.165) is 19.3 Å². The molecule has 3 aromatic heterocycles. The molecule has 2 aromatic carbocycles. The van der Waals surface area contributed by atoms with Crippen molar-refractivity contribution >= 4 is 50.1 Å². The summed E-state index contributed by atoms with van der Waals surface area (Å²) in [5.41, 5.74) is 8.01. The average Bonchev–Trinajstić information content (AvgIpc) is 3.39. The first-order valence-electron chi connectivity index (χ1n) is 13.5. The minimum atomic E-state index is -3.87. The van der Waals surface area contributed by atoms with E-state index >= 15 is 0 Å². The van der Waals surface area contributed by atoms with Crippen LogP contribution in [-0.2, 0) is 10.0 Å². The molecule has 0 bridgehead atoms. The van der Waals surface area contributed by atoms with Gasteiger partial charge in [0.05, 0.1) is 39.2 Å². The van der Waals surface area contributed by atoms with Crippen LogP contribution in [0.1, 0.15) is 36.2 Å². The van der Waals surface area contributed by atoms with Gasteiger partial charge in [-0.2, -0.15) is 0 Å². The number of nitrogens with two attached hydrogens (primary N) is 1. The number of carbonyl (C=O) groups is 1. The predicted octanol–water partition coefficient (Wildman–Crippen LogP) is 5.12. The summed E-state index contributed by atoms with van der Waals surface area (Å²) < 4.78 is 28.4. The maximum absolute atomic E-state index is 13.6. The van der Waals surface area contributed by atoms with Gasteiger partial charge in [0, 0.05) is 29.2 Å². The molecule has 1 fully saturated rings. The molecular weight excluding hydrogens is 574 g/mol. The molecule has 42 heavy (non-hydrogen) atoms. The fourth-order valence-electron chi connectivity index (χ4n) is 5.30. The quantitative estimate of drug-likeness (QED) is 0.233. The van der Waals surface area contributed by atoms with Crippen molar-refractivity contribution in [2.24, 2.45) is 0 Å². The molecule has 6 rings (SSSR count). The smallest absolute Gasteiger partial charge is 0.270 e. The van der Waals surface area contributed by atoms with Crippen LogP contribution in [0.3, 0.4) is 0 Å². The highest BCUT2D eigenvalue weighted by Crippen LogP contribution is 2.36. The van der Waals surface area contributed by atoms with E-state index in [1.54, 1.807) is 60.8 Å². The lowest BCUT2D eigenvalue weighted by Gasteiger charge is -2.30. The molecule has 5 aromatic rings. The Labute approximate surface area is 248 Å². The summed E-state index contributed by atoms with van der Waals surface area (Å²) in [7, 11) is -3.87. The van der Waals surface area contributed by atoms with Gasteiger partial charge in [-0.15, -0.1) is 0 Å². The van der Waals surface area contributed by atoms with Crippen LogP contribution >= 0.6 is 11.6 Å². The molecule has 0 spiro atoms. The van der Waals surface area contributed by atoms with E-state index in [0.29, 0.717) is 50.9 Å². The Kier molecular flexibility index (Phi) is 7.53. The molecule has 214 valence electrons. The lowest BCUT2D eigenvalue weighted by atomic mass is 9.91. The first-order chi connectivity index (χ1) is 20.3. The molecule has 4 N–H and O–H groups in total. The minimum Gasteiger partial charge on any atom is -0.397 e. The fraction of sp³-hybridized carbons (Fsp3) is 0.200. The highest BCUT2D eigenvalue weighted by molar-refractivity contribution is 7.90. The monoisotopic (exact) mass is 601 g/mol. The Hall–Kier alpha value is -4.48. The zero-order valence-electron chi connectivity index (χ0n) is 22.4. The van der Waals surface area contributed by atoms with Crippen LogP contribution in [0.15, 0.2) is 90.2 Å². The van der Waals surface area contributed by atoms with E-state index in [4.69, 9.17) is 22.3 Å². The molecule has 12 heteroatoms. The summed E-state index contributed by atoms with van der Waals surface area (Å²) in [5, 5.41) is 7.44. The van der Waals surface area contributed by atoms with E-state index in [1.165, 1.54) is 16.4 Å². The van der Waals surface area contributed by atoms with Crippen LogP contribution in [0.25, 0.3) is 22.2 Å². The normalized spacial score (nSPS) is 17.2. The van der Waals surface area contributed by atoms with E-state index in [9.17, 15) is 13.2 Å². The molecule has 0 unspecified atom stereocenters. The molecule has 3 heterocycles. The van der Waals surface area contributed by atoms with Gasteiger partial charge in [-0.3, -0.25) is 4.79 Å². The molecular formula is C30H28ClN7O3S. The van der Waals surface area contributed by atoms with Crippen molar-refractivity contribution in [2.75, 3.05) is 11.1 Å². The summed E-state index contributed by atoms with van der Waals surface area (Å²) in [6.07, 6.45) is 7.84. The summed E-state index contributed by atoms with van der Waals surface area (Å²) >= 11 is 6.59. The van der Waals surface area contributed by atoms with Gasteiger partial charge in [0.2, 0.25) is 5.95 Å². The average molecular weight is 602 g/mol. The van der Waals surface area contributed by atoms with E-state index in [-0.39, 0.29) is 22.9 Å². The Morgan fingerprint density at radius 2 is 1.71 bits per heavy atom. The highest BCUT2D eigenvalue weighted by Gasteiger charge is 2.26. The fourth-order valence-corrected chi connectivity index (χ4v) is 6.89. The molecule has 0 radical (unpaired) electrons. The van der Waals surface area contributed by atoms with E-state index in [1.807, 2.05) is 12.1 Å². The molecule has 1 aliphatic rings. The maximum Gasteiger partial charge on any atom is 0.270 e. The predicted molar refractivity (Wildman–Crippen MR) is 163 cm³/mol. The topological polar surface area (TPSA) is 145 Å². The number of para-hydroxylation sites is 1. The number of carbonyl (C=O) groups excluding carboxylic acids is 1. The number of pyridine rings is 1. The summed E-state index contributed by atoms with van der Waals surface area (Å²) in [5.74, 6) is 0.127. The number of fused-ring (bicyclic) bond motifs is 1. The van der Waals surface area contributed by atoms with Crippen molar-refractivity contribution < 1.29 is 13.2 Å². The number of rotatable bonds is 7. The summed E-state index contributed by atoms with van der Waals surface area (Å²) in [6, 6.07) is 18.7. The molecule has 0 aliphatic heterocycles. The maximum atomic E-state index is 13.6. The van der Waals surface area contributed by atoms with Crippen molar-refractivity contribution in [2.45, 2.75) is 42.7 Å². The number of nitrogens with zero attached hydrogens (tertiary/aromatic N) is 4. The molecule has 2 atom stereocenters. The largest absolute Gasteiger partial charge is 0.397 e. The number of benzene rings is 2. The molecule has 10 nitrogen and oxygen atoms in total. The number of halogens is 1. The van der Waals surface area contributed by atoms with Gasteiger partial charge in [0.15, 0.2) is 0 Å². The third kappa shape index (κ3) is 5.53. The Balaban J connectivity index is 1.25. The third-order valence-electron chi connectivity index (χ3n) is 7.34. The van der Waals surface area contributed by atoms with Crippen LogP contribution in [0.5, 0.6) is 0 Å². The van der Waals surface area contributed by atoms with Gasteiger partial charge in [-0.05, 0) is 56.0 Å². The minimum absolute atomic E-state index is 0.0113. The van der Waals surface area contributed by atoms with Crippen molar-refractivity contribution in [3.8, 4) is 11.3 Å². The lowest BCUT2D eigenvalue weighted by Crippen LogP contribution is -2.42. The van der Waals surface area contributed by atoms with E-state index < -0.39 is 10.0 Å². The Bertz CT molecular complexity index is 1860. The van der Waals surface area contributed by atoms with Gasteiger partial charge in [0.25, 0.3) is 15.9 Å². The van der Waals surface area contributed by atoms with Crippen LogP contribution in [0.4, 0.5) is 11.6 Å². The van der Waals surface area contributed by atoms with Gasteiger partial charge in [-0.25, -0.2) is 27.3 Å². The number of amides is 1. The number of nitrogen functional groups attached to an aromatic ring is 1. The van der Waals surface area contributed by atoms with Gasteiger partial charge >= 0.3 is 0 Å².